The lowest BCUT2D eigenvalue weighted by molar-refractivity contribution is 0.723. The predicted octanol–water partition coefficient (Wildman–Crippen LogP) is 13.5. The highest BCUT2D eigenvalue weighted by Gasteiger charge is 2.50. The van der Waals surface area contributed by atoms with Crippen molar-refractivity contribution in [3.8, 4) is 78.7 Å². The van der Waals surface area contributed by atoms with Crippen LogP contribution < -0.4 is 0 Å². The van der Waals surface area contributed by atoms with Gasteiger partial charge in [-0.1, -0.05) is 133 Å². The van der Waals surface area contributed by atoms with Crippen molar-refractivity contribution in [3.05, 3.63) is 235 Å². The van der Waals surface area contributed by atoms with Crippen molar-refractivity contribution in [2.45, 2.75) is 15.2 Å². The van der Waals surface area contributed by atoms with Gasteiger partial charge in [-0.15, -0.1) is 0 Å². The molecule has 290 valence electrons. The summed E-state index contributed by atoms with van der Waals surface area (Å²) in [5.41, 5.74) is 17.7. The molecule has 4 aromatic heterocycles. The molecule has 0 unspecified atom stereocenters. The lowest BCUT2D eigenvalue weighted by Gasteiger charge is -2.40. The molecule has 6 heteroatoms. The van der Waals surface area contributed by atoms with E-state index in [4.69, 9.17) is 15.0 Å². The van der Waals surface area contributed by atoms with E-state index in [1.54, 1.807) is 0 Å². The average molecular weight is 810 g/mol. The summed E-state index contributed by atoms with van der Waals surface area (Å²) in [5, 5.41) is 0. The number of hydrogen-bond donors (Lipinski definition) is 0. The first-order valence-corrected chi connectivity index (χ1v) is 21.5. The normalized spacial score (nSPS) is 12.9. The quantitative estimate of drug-likeness (QED) is 0.167. The molecular weight excluding hydrogens is 775 g/mol. The van der Waals surface area contributed by atoms with Gasteiger partial charge >= 0.3 is 0 Å². The lowest BCUT2D eigenvalue weighted by Crippen LogP contribution is -2.32. The van der Waals surface area contributed by atoms with Gasteiger partial charge in [0.25, 0.3) is 0 Å². The molecule has 10 aromatic rings. The second-order valence-electron chi connectivity index (χ2n) is 15.7. The smallest absolute Gasteiger partial charge is 0.160 e. The highest BCUT2D eigenvalue weighted by Crippen LogP contribution is 2.63. The van der Waals surface area contributed by atoms with E-state index in [1.807, 2.05) is 72.9 Å². The molecule has 0 bridgehead atoms. The Kier molecular flexibility index (Phi) is 8.57. The summed E-state index contributed by atoms with van der Waals surface area (Å²) in [6.07, 6.45) is 7.28. The minimum absolute atomic E-state index is 0.622. The van der Waals surface area contributed by atoms with Crippen LogP contribution in [0.3, 0.4) is 0 Å². The van der Waals surface area contributed by atoms with Crippen LogP contribution in [0.1, 0.15) is 22.3 Å². The molecule has 1 aliphatic carbocycles. The molecule has 12 rings (SSSR count). The summed E-state index contributed by atoms with van der Waals surface area (Å²) in [6.45, 7) is 0. The number of aromatic nitrogens is 5. The first kappa shape index (κ1) is 36.1. The fourth-order valence-electron chi connectivity index (χ4n) is 9.35. The molecular formula is C56H35N5S. The predicted molar refractivity (Wildman–Crippen MR) is 249 cm³/mol. The van der Waals surface area contributed by atoms with Crippen LogP contribution in [-0.4, -0.2) is 24.9 Å². The van der Waals surface area contributed by atoms with Crippen molar-refractivity contribution in [1.29, 1.82) is 0 Å². The second-order valence-corrected chi connectivity index (χ2v) is 16.7. The molecule has 0 saturated carbocycles. The zero-order chi connectivity index (χ0) is 41.0. The van der Waals surface area contributed by atoms with Crippen LogP contribution in [0.25, 0.3) is 78.7 Å². The number of pyridine rings is 3. The molecule has 0 fully saturated rings. The monoisotopic (exact) mass is 809 g/mol. The van der Waals surface area contributed by atoms with E-state index in [0.717, 1.165) is 61.7 Å². The van der Waals surface area contributed by atoms with Gasteiger partial charge in [-0.3, -0.25) is 9.97 Å². The first-order valence-electron chi connectivity index (χ1n) is 20.7. The van der Waals surface area contributed by atoms with Crippen molar-refractivity contribution in [1.82, 2.24) is 24.9 Å². The van der Waals surface area contributed by atoms with Crippen molar-refractivity contribution in [3.63, 3.8) is 0 Å². The van der Waals surface area contributed by atoms with Gasteiger partial charge in [0.1, 0.15) is 0 Å². The molecule has 0 atom stereocenters. The molecule has 2 aliphatic rings. The van der Waals surface area contributed by atoms with Gasteiger partial charge in [-0.05, 0) is 111 Å². The van der Waals surface area contributed by atoms with Crippen molar-refractivity contribution < 1.29 is 0 Å². The van der Waals surface area contributed by atoms with Gasteiger partial charge in [-0.25, -0.2) is 15.0 Å². The molecule has 0 radical (unpaired) electrons. The molecule has 0 N–H and O–H groups in total. The number of fused-ring (bicyclic) bond motifs is 9. The van der Waals surface area contributed by atoms with E-state index < -0.39 is 5.41 Å². The third kappa shape index (κ3) is 5.91. The third-order valence-electron chi connectivity index (χ3n) is 12.2. The maximum absolute atomic E-state index is 5.28. The van der Waals surface area contributed by atoms with Gasteiger partial charge in [0.05, 0.1) is 28.2 Å². The van der Waals surface area contributed by atoms with Crippen LogP contribution in [0.15, 0.2) is 223 Å². The Bertz CT molecular complexity index is 2980. The zero-order valence-corrected chi connectivity index (χ0v) is 34.2. The summed E-state index contributed by atoms with van der Waals surface area (Å²) in [5.74, 6) is 0.691. The lowest BCUT2D eigenvalue weighted by atomic mass is 9.66. The maximum Gasteiger partial charge on any atom is 0.160 e. The van der Waals surface area contributed by atoms with E-state index in [-0.39, 0.29) is 0 Å². The van der Waals surface area contributed by atoms with Gasteiger partial charge in [0.2, 0.25) is 0 Å². The Morgan fingerprint density at radius 3 is 1.27 bits per heavy atom. The maximum atomic E-state index is 5.28. The molecule has 62 heavy (non-hydrogen) atoms. The summed E-state index contributed by atoms with van der Waals surface area (Å²) in [4.78, 5) is 26.8. The SMILES string of the molecule is c1ccc(-c2cc(-c3ccccc3)nc(-c3ccc4c(c3)C3(c5cc(-c6cc(-c7ccncc7)nc(-c7ccncc7)c6)ccc5S4)c4ccccc4-c4ccccc43)n2)cc1. The summed E-state index contributed by atoms with van der Waals surface area (Å²) in [6, 6.07) is 67.1. The Hall–Kier alpha value is -7.80. The van der Waals surface area contributed by atoms with E-state index in [0.29, 0.717) is 5.82 Å². The van der Waals surface area contributed by atoms with E-state index in [2.05, 4.69) is 162 Å². The van der Waals surface area contributed by atoms with Crippen molar-refractivity contribution in [2.24, 2.45) is 0 Å². The fourth-order valence-corrected chi connectivity index (χ4v) is 10.5. The molecule has 5 heterocycles. The number of nitrogens with zero attached hydrogens (tertiary/aromatic N) is 5. The van der Waals surface area contributed by atoms with Crippen LogP contribution >= 0.6 is 11.8 Å². The number of hydrogen-bond acceptors (Lipinski definition) is 6. The Balaban J connectivity index is 1.10. The average Bonchev–Trinajstić information content (AvgIpc) is 3.65. The van der Waals surface area contributed by atoms with Gasteiger partial charge in [0, 0.05) is 62.4 Å². The summed E-state index contributed by atoms with van der Waals surface area (Å²) < 4.78 is 0. The molecule has 5 nitrogen and oxygen atoms in total. The molecule has 1 spiro atoms. The topological polar surface area (TPSA) is 64.5 Å². The van der Waals surface area contributed by atoms with Crippen LogP contribution in [0.2, 0.25) is 0 Å². The summed E-state index contributed by atoms with van der Waals surface area (Å²) >= 11 is 1.83. The highest BCUT2D eigenvalue weighted by molar-refractivity contribution is 7.99. The third-order valence-corrected chi connectivity index (χ3v) is 13.3. The first-order chi connectivity index (χ1) is 30.7. The van der Waals surface area contributed by atoms with E-state index in [1.165, 1.54) is 43.2 Å². The van der Waals surface area contributed by atoms with Gasteiger partial charge in [0.15, 0.2) is 5.82 Å². The van der Waals surface area contributed by atoms with Crippen LogP contribution in [-0.2, 0) is 5.41 Å². The Morgan fingerprint density at radius 2 is 0.742 bits per heavy atom. The molecule has 6 aromatic carbocycles. The zero-order valence-electron chi connectivity index (χ0n) is 33.4. The number of benzene rings is 6. The minimum Gasteiger partial charge on any atom is -0.265 e. The van der Waals surface area contributed by atoms with E-state index >= 15 is 0 Å². The molecule has 0 amide bonds. The minimum atomic E-state index is -0.622. The van der Waals surface area contributed by atoms with E-state index in [9.17, 15) is 0 Å². The standard InChI is InChI=1S/C56H35N5S/c1-3-11-36(12-4-1)51-35-52(37-13-5-2-6-14-37)61-55(60-51)41-20-22-54-48(32-41)56(45-17-9-7-15-43(45)44-16-8-10-18-46(44)56)47-31-40(19-21-53(47)62-54)42-33-49(38-23-27-57-28-24-38)59-50(34-42)39-25-29-58-30-26-39/h1-35H. The summed E-state index contributed by atoms with van der Waals surface area (Å²) in [7, 11) is 0. The Labute approximate surface area is 364 Å². The van der Waals surface area contributed by atoms with Gasteiger partial charge in [-0.2, -0.15) is 0 Å². The highest BCUT2D eigenvalue weighted by atomic mass is 32.2. The Morgan fingerprint density at radius 1 is 0.306 bits per heavy atom. The molecule has 1 aliphatic heterocycles. The van der Waals surface area contributed by atoms with Crippen LogP contribution in [0.4, 0.5) is 0 Å². The van der Waals surface area contributed by atoms with Crippen molar-refractivity contribution in [2.75, 3.05) is 0 Å². The molecule has 0 saturated heterocycles. The largest absolute Gasteiger partial charge is 0.265 e. The number of rotatable bonds is 6. The van der Waals surface area contributed by atoms with Crippen LogP contribution in [0, 0.1) is 0 Å². The fraction of sp³-hybridized carbons (Fsp3) is 0.0179. The van der Waals surface area contributed by atoms with Gasteiger partial charge < -0.3 is 0 Å². The van der Waals surface area contributed by atoms with Crippen molar-refractivity contribution >= 4 is 11.8 Å². The van der Waals surface area contributed by atoms with Crippen LogP contribution in [0.5, 0.6) is 0 Å². The second kappa shape index (κ2) is 14.7.